The fourth-order valence-electron chi connectivity index (χ4n) is 4.76. The van der Waals surface area contributed by atoms with E-state index in [0.29, 0.717) is 38.3 Å². The van der Waals surface area contributed by atoms with Crippen LogP contribution in [0.15, 0.2) is 41.8 Å². The van der Waals surface area contributed by atoms with Crippen LogP contribution >= 0.6 is 11.3 Å². The predicted molar refractivity (Wildman–Crippen MR) is 129 cm³/mol. The number of benzene rings is 2. The molecule has 1 saturated heterocycles. The van der Waals surface area contributed by atoms with Gasteiger partial charge in [0, 0.05) is 37.5 Å². The van der Waals surface area contributed by atoms with Crippen LogP contribution in [0.3, 0.4) is 0 Å². The third kappa shape index (κ3) is 5.00. The maximum atomic E-state index is 13.1. The summed E-state index contributed by atoms with van der Waals surface area (Å²) in [6.45, 7) is 2.15. The standard InChI is InChI=1S/C26H26FN3O4S/c27-20-3-1-16(2-4-20)11-24(33)29-8-5-17(6-9-29)25-28-21(15-35-25)26(34)30-10-7-18-12-22(31)23(32)13-19(18)14-30/h1-4,12-13,15,17,31-32H,5-11,14H2. The number of phenols is 2. The third-order valence-corrected chi connectivity index (χ3v) is 7.81. The van der Waals surface area contributed by atoms with Gasteiger partial charge in [0.2, 0.25) is 5.91 Å². The largest absolute Gasteiger partial charge is 0.504 e. The average molecular weight is 496 g/mol. The molecule has 1 aromatic heterocycles. The lowest BCUT2D eigenvalue weighted by Crippen LogP contribution is -2.38. The van der Waals surface area contributed by atoms with Crippen LogP contribution in [0, 0.1) is 5.82 Å². The van der Waals surface area contributed by atoms with Gasteiger partial charge in [0.05, 0.1) is 11.4 Å². The molecule has 2 aliphatic rings. The molecule has 7 nitrogen and oxygen atoms in total. The molecule has 3 aromatic rings. The van der Waals surface area contributed by atoms with E-state index < -0.39 is 0 Å². The summed E-state index contributed by atoms with van der Waals surface area (Å²) >= 11 is 1.48. The first-order valence-electron chi connectivity index (χ1n) is 11.7. The molecule has 3 heterocycles. The van der Waals surface area contributed by atoms with Crippen molar-refractivity contribution in [2.45, 2.75) is 38.1 Å². The molecular weight excluding hydrogens is 469 g/mol. The topological polar surface area (TPSA) is 94.0 Å². The molecule has 2 N–H and O–H groups in total. The number of thiazole rings is 1. The van der Waals surface area contributed by atoms with Gasteiger partial charge in [-0.2, -0.15) is 0 Å². The van der Waals surface area contributed by atoms with E-state index in [9.17, 15) is 24.2 Å². The van der Waals surface area contributed by atoms with Gasteiger partial charge in [-0.1, -0.05) is 12.1 Å². The number of hydrogen-bond acceptors (Lipinski definition) is 6. The van der Waals surface area contributed by atoms with Crippen LogP contribution in [0.1, 0.15) is 50.9 Å². The summed E-state index contributed by atoms with van der Waals surface area (Å²) in [6.07, 6.45) is 2.44. The van der Waals surface area contributed by atoms with E-state index in [1.54, 1.807) is 28.5 Å². The zero-order chi connectivity index (χ0) is 24.5. The summed E-state index contributed by atoms with van der Waals surface area (Å²) in [7, 11) is 0. The Morgan fingerprint density at radius 1 is 1.00 bits per heavy atom. The van der Waals surface area contributed by atoms with Crippen LogP contribution in [0.25, 0.3) is 0 Å². The Bertz CT molecular complexity index is 1250. The second-order valence-electron chi connectivity index (χ2n) is 9.12. The molecule has 9 heteroatoms. The summed E-state index contributed by atoms with van der Waals surface area (Å²) < 4.78 is 13.1. The highest BCUT2D eigenvalue weighted by molar-refractivity contribution is 7.09. The van der Waals surface area contributed by atoms with Crippen molar-refractivity contribution in [2.24, 2.45) is 0 Å². The summed E-state index contributed by atoms with van der Waals surface area (Å²) in [6, 6.07) is 9.09. The Balaban J connectivity index is 1.17. The quantitative estimate of drug-likeness (QED) is 0.537. The number of halogens is 1. The summed E-state index contributed by atoms with van der Waals surface area (Å²) in [5, 5.41) is 22.2. The Morgan fingerprint density at radius 2 is 1.69 bits per heavy atom. The Labute approximate surface area is 206 Å². The monoisotopic (exact) mass is 495 g/mol. The van der Waals surface area contributed by atoms with Crippen molar-refractivity contribution in [2.75, 3.05) is 19.6 Å². The van der Waals surface area contributed by atoms with Gasteiger partial charge in [0.25, 0.3) is 5.91 Å². The smallest absolute Gasteiger partial charge is 0.273 e. The number of piperidine rings is 1. The van der Waals surface area contributed by atoms with Crippen molar-refractivity contribution in [3.8, 4) is 11.5 Å². The Morgan fingerprint density at radius 3 is 2.40 bits per heavy atom. The fraction of sp³-hybridized carbons (Fsp3) is 0.346. The van der Waals surface area contributed by atoms with E-state index in [1.165, 1.54) is 29.5 Å². The van der Waals surface area contributed by atoms with Gasteiger partial charge in [-0.05, 0) is 60.2 Å². The molecule has 35 heavy (non-hydrogen) atoms. The van der Waals surface area contributed by atoms with Gasteiger partial charge >= 0.3 is 0 Å². The molecule has 0 atom stereocenters. The van der Waals surface area contributed by atoms with E-state index in [1.807, 2.05) is 4.90 Å². The van der Waals surface area contributed by atoms with Crippen molar-refractivity contribution in [1.29, 1.82) is 0 Å². The summed E-state index contributed by atoms with van der Waals surface area (Å²) in [5.74, 6) is -0.536. The van der Waals surface area contributed by atoms with Gasteiger partial charge < -0.3 is 20.0 Å². The Hall–Kier alpha value is -3.46. The minimum absolute atomic E-state index is 0.0369. The molecule has 0 bridgehead atoms. The van der Waals surface area contributed by atoms with Crippen LogP contribution in [0.5, 0.6) is 11.5 Å². The van der Waals surface area contributed by atoms with Crippen molar-refractivity contribution < 1.29 is 24.2 Å². The molecule has 1 fully saturated rings. The molecule has 182 valence electrons. The molecule has 2 aliphatic heterocycles. The number of amides is 2. The van der Waals surface area contributed by atoms with Crippen molar-refractivity contribution >= 4 is 23.2 Å². The fourth-order valence-corrected chi connectivity index (χ4v) is 5.72. The first-order chi connectivity index (χ1) is 16.9. The van der Waals surface area contributed by atoms with Crippen LogP contribution < -0.4 is 0 Å². The van der Waals surface area contributed by atoms with Gasteiger partial charge in [-0.3, -0.25) is 9.59 Å². The number of fused-ring (bicyclic) bond motifs is 1. The zero-order valence-electron chi connectivity index (χ0n) is 19.1. The maximum absolute atomic E-state index is 13.1. The van der Waals surface area contributed by atoms with Crippen LogP contribution in [-0.2, 0) is 24.2 Å². The number of rotatable bonds is 4. The predicted octanol–water partition coefficient (Wildman–Crippen LogP) is 3.84. The minimum atomic E-state index is -0.312. The van der Waals surface area contributed by atoms with Crippen molar-refractivity contribution in [1.82, 2.24) is 14.8 Å². The molecule has 0 unspecified atom stereocenters. The van der Waals surface area contributed by atoms with Crippen LogP contribution in [0.4, 0.5) is 4.39 Å². The zero-order valence-corrected chi connectivity index (χ0v) is 19.9. The van der Waals surface area contributed by atoms with E-state index in [4.69, 9.17) is 0 Å². The average Bonchev–Trinajstić information content (AvgIpc) is 3.36. The van der Waals surface area contributed by atoms with Crippen LogP contribution in [-0.4, -0.2) is 56.4 Å². The number of nitrogens with zero attached hydrogens (tertiary/aromatic N) is 3. The minimum Gasteiger partial charge on any atom is -0.504 e. The van der Waals surface area contributed by atoms with Gasteiger partial charge in [0.1, 0.15) is 11.5 Å². The summed E-state index contributed by atoms with van der Waals surface area (Å²) in [5.41, 5.74) is 2.98. The van der Waals surface area contributed by atoms with E-state index in [2.05, 4.69) is 4.98 Å². The third-order valence-electron chi connectivity index (χ3n) is 6.80. The number of likely N-dealkylation sites (tertiary alicyclic amines) is 1. The van der Waals surface area contributed by atoms with E-state index in [-0.39, 0.29) is 41.5 Å². The van der Waals surface area contributed by atoms with Crippen LogP contribution in [0.2, 0.25) is 0 Å². The molecule has 0 saturated carbocycles. The van der Waals surface area contributed by atoms with E-state index >= 15 is 0 Å². The second kappa shape index (κ2) is 9.65. The molecule has 0 spiro atoms. The first-order valence-corrected chi connectivity index (χ1v) is 12.6. The van der Waals surface area contributed by atoms with Gasteiger partial charge in [0.15, 0.2) is 11.5 Å². The molecular formula is C26H26FN3O4S. The highest BCUT2D eigenvalue weighted by atomic mass is 32.1. The molecule has 2 aromatic carbocycles. The number of phenolic OH excluding ortho intramolecular Hbond substituents is 2. The number of aromatic hydroxyl groups is 2. The number of carbonyl (C=O) groups is 2. The lowest BCUT2D eigenvalue weighted by atomic mass is 9.97. The second-order valence-corrected chi connectivity index (χ2v) is 10.0. The highest BCUT2D eigenvalue weighted by Gasteiger charge is 2.28. The van der Waals surface area contributed by atoms with Crippen molar-refractivity contribution in [3.05, 3.63) is 75.0 Å². The lowest BCUT2D eigenvalue weighted by Gasteiger charge is -2.31. The highest BCUT2D eigenvalue weighted by Crippen LogP contribution is 2.33. The molecule has 2 amide bonds. The normalized spacial score (nSPS) is 16.3. The first kappa shape index (κ1) is 23.3. The van der Waals surface area contributed by atoms with E-state index in [0.717, 1.165) is 34.5 Å². The Kier molecular flexibility index (Phi) is 6.42. The number of carbonyl (C=O) groups excluding carboxylic acids is 2. The van der Waals surface area contributed by atoms with Gasteiger partial charge in [-0.25, -0.2) is 9.37 Å². The number of hydrogen-bond donors (Lipinski definition) is 2. The maximum Gasteiger partial charge on any atom is 0.273 e. The molecule has 0 radical (unpaired) electrons. The summed E-state index contributed by atoms with van der Waals surface area (Å²) in [4.78, 5) is 33.9. The van der Waals surface area contributed by atoms with Crippen molar-refractivity contribution in [3.63, 3.8) is 0 Å². The number of aromatic nitrogens is 1. The SMILES string of the molecule is O=C(Cc1ccc(F)cc1)N1CCC(c2nc(C(=O)N3CCc4cc(O)c(O)cc4C3)cs2)CC1. The molecule has 5 rings (SSSR count). The lowest BCUT2D eigenvalue weighted by molar-refractivity contribution is -0.131. The van der Waals surface area contributed by atoms with Gasteiger partial charge in [-0.15, -0.1) is 11.3 Å². The molecule has 0 aliphatic carbocycles.